The van der Waals surface area contributed by atoms with E-state index in [2.05, 4.69) is 31.8 Å². The Hall–Kier alpha value is -2.91. The number of amides is 3. The minimum Gasteiger partial charge on any atom is -0.483 e. The normalized spacial score (nSPS) is 11.9. The van der Waals surface area contributed by atoms with E-state index in [1.165, 1.54) is 6.21 Å². The maximum absolute atomic E-state index is 12.6. The topological polar surface area (TPSA) is 123 Å². The van der Waals surface area contributed by atoms with Gasteiger partial charge in [-0.25, -0.2) is 5.43 Å². The first-order valence-corrected chi connectivity index (χ1v) is 10.4. The van der Waals surface area contributed by atoms with Gasteiger partial charge in [0.05, 0.1) is 6.21 Å². The van der Waals surface area contributed by atoms with Crippen LogP contribution in [0.25, 0.3) is 0 Å². The minimum atomic E-state index is -0.812. The molecule has 4 N–H and O–H groups in total. The molecule has 0 radical (unpaired) electrons. The van der Waals surface area contributed by atoms with Gasteiger partial charge in [-0.2, -0.15) is 5.10 Å². The molecule has 0 spiro atoms. The molecule has 0 aliphatic carbocycles. The number of halogens is 2. The molecule has 10 heteroatoms. The number of primary amides is 1. The maximum atomic E-state index is 12.6. The molecule has 3 amide bonds. The molecule has 164 valence electrons. The monoisotopic (exact) mass is 508 g/mol. The zero-order chi connectivity index (χ0) is 23.0. The van der Waals surface area contributed by atoms with Crippen LogP contribution in [0, 0.1) is 5.92 Å². The number of nitrogens with one attached hydrogen (secondary N) is 2. The van der Waals surface area contributed by atoms with Crippen LogP contribution < -0.4 is 21.2 Å². The lowest BCUT2D eigenvalue weighted by molar-refractivity contribution is -0.124. The number of benzene rings is 2. The van der Waals surface area contributed by atoms with Crippen LogP contribution in [0.4, 0.5) is 0 Å². The summed E-state index contributed by atoms with van der Waals surface area (Å²) in [6, 6.07) is 10.6. The lowest BCUT2D eigenvalue weighted by atomic mass is 10.0. The third-order valence-electron chi connectivity index (χ3n) is 4.06. The van der Waals surface area contributed by atoms with Crippen LogP contribution in [0.5, 0.6) is 5.75 Å². The van der Waals surface area contributed by atoms with Crippen LogP contribution in [0.1, 0.15) is 29.8 Å². The molecular formula is C21H22BrClN4O4. The summed E-state index contributed by atoms with van der Waals surface area (Å²) in [4.78, 5) is 36.0. The van der Waals surface area contributed by atoms with Gasteiger partial charge in [0.1, 0.15) is 11.8 Å². The Balaban J connectivity index is 2.07. The number of rotatable bonds is 9. The molecule has 0 aromatic heterocycles. The van der Waals surface area contributed by atoms with E-state index in [0.717, 1.165) is 4.47 Å². The van der Waals surface area contributed by atoms with Gasteiger partial charge >= 0.3 is 0 Å². The highest BCUT2D eigenvalue weighted by molar-refractivity contribution is 9.10. The molecule has 0 saturated heterocycles. The van der Waals surface area contributed by atoms with Crippen molar-refractivity contribution < 1.29 is 19.1 Å². The molecule has 0 bridgehead atoms. The standard InChI is InChI=1S/C21H22BrClN4O4/c1-12(2)19(26-20(29)13-3-6-16(23)7-4-13)21(30)27-25-10-14-9-15(22)5-8-17(14)31-11-18(24)28/h3-10,12,19H,11H2,1-2H3,(H2,24,28)(H,26,29)(H,27,30)/b25-10+. The number of carbonyl (C=O) groups is 3. The van der Waals surface area contributed by atoms with Crippen molar-refractivity contribution in [3.63, 3.8) is 0 Å². The lowest BCUT2D eigenvalue weighted by Crippen LogP contribution is -2.48. The minimum absolute atomic E-state index is 0.188. The number of ether oxygens (including phenoxy) is 1. The van der Waals surface area contributed by atoms with Crippen LogP contribution in [0.3, 0.4) is 0 Å². The van der Waals surface area contributed by atoms with Gasteiger partial charge in [-0.15, -0.1) is 0 Å². The maximum Gasteiger partial charge on any atom is 0.262 e. The fraction of sp³-hybridized carbons (Fsp3) is 0.238. The Morgan fingerprint density at radius 2 is 1.87 bits per heavy atom. The molecule has 8 nitrogen and oxygen atoms in total. The van der Waals surface area contributed by atoms with Gasteiger partial charge in [-0.1, -0.05) is 41.4 Å². The second kappa shape index (κ2) is 11.5. The Bertz CT molecular complexity index is 980. The van der Waals surface area contributed by atoms with Crippen LogP contribution in [0.2, 0.25) is 5.02 Å². The molecule has 2 aromatic rings. The van der Waals surface area contributed by atoms with E-state index in [-0.39, 0.29) is 12.5 Å². The van der Waals surface area contributed by atoms with Gasteiger partial charge in [-0.05, 0) is 48.4 Å². The molecule has 1 unspecified atom stereocenters. The van der Waals surface area contributed by atoms with E-state index in [4.69, 9.17) is 22.1 Å². The van der Waals surface area contributed by atoms with Crippen molar-refractivity contribution in [1.29, 1.82) is 0 Å². The predicted molar refractivity (Wildman–Crippen MR) is 122 cm³/mol. The number of hydrogen-bond donors (Lipinski definition) is 3. The number of nitrogens with two attached hydrogens (primary N) is 1. The average Bonchev–Trinajstić information content (AvgIpc) is 2.71. The number of hydrazone groups is 1. The van der Waals surface area contributed by atoms with Gasteiger partial charge in [0.25, 0.3) is 17.7 Å². The second-order valence-corrected chi connectivity index (χ2v) is 8.23. The van der Waals surface area contributed by atoms with Crippen LogP contribution >= 0.6 is 27.5 Å². The first-order chi connectivity index (χ1) is 14.7. The van der Waals surface area contributed by atoms with E-state index in [9.17, 15) is 14.4 Å². The lowest BCUT2D eigenvalue weighted by Gasteiger charge is -2.20. The van der Waals surface area contributed by atoms with E-state index >= 15 is 0 Å². The summed E-state index contributed by atoms with van der Waals surface area (Å²) < 4.78 is 6.09. The van der Waals surface area contributed by atoms with Gasteiger partial charge in [0, 0.05) is 20.6 Å². The highest BCUT2D eigenvalue weighted by Gasteiger charge is 2.24. The Morgan fingerprint density at radius 3 is 2.48 bits per heavy atom. The van der Waals surface area contributed by atoms with Crippen LogP contribution in [0.15, 0.2) is 52.0 Å². The van der Waals surface area contributed by atoms with Gasteiger partial charge in [0.2, 0.25) is 0 Å². The first kappa shape index (κ1) is 24.4. The van der Waals surface area contributed by atoms with E-state index in [0.29, 0.717) is 21.9 Å². The van der Waals surface area contributed by atoms with Crippen molar-refractivity contribution in [1.82, 2.24) is 10.7 Å². The smallest absolute Gasteiger partial charge is 0.262 e. The molecular weight excluding hydrogens is 488 g/mol. The number of carbonyl (C=O) groups excluding carboxylic acids is 3. The molecule has 1 atom stereocenters. The highest BCUT2D eigenvalue weighted by Crippen LogP contribution is 2.21. The molecule has 2 rings (SSSR count). The van der Waals surface area contributed by atoms with Gasteiger partial charge < -0.3 is 15.8 Å². The van der Waals surface area contributed by atoms with Crippen LogP contribution in [-0.4, -0.2) is 36.6 Å². The number of hydrogen-bond acceptors (Lipinski definition) is 5. The van der Waals surface area contributed by atoms with Crippen molar-refractivity contribution in [3.8, 4) is 5.75 Å². The van der Waals surface area contributed by atoms with E-state index in [1.54, 1.807) is 56.3 Å². The highest BCUT2D eigenvalue weighted by atomic mass is 79.9. The molecule has 31 heavy (non-hydrogen) atoms. The van der Waals surface area contributed by atoms with Crippen molar-refractivity contribution in [2.75, 3.05) is 6.61 Å². The zero-order valence-corrected chi connectivity index (χ0v) is 19.2. The van der Waals surface area contributed by atoms with Gasteiger partial charge in [-0.3, -0.25) is 14.4 Å². The summed E-state index contributed by atoms with van der Waals surface area (Å²) in [7, 11) is 0. The zero-order valence-electron chi connectivity index (χ0n) is 16.9. The third kappa shape index (κ3) is 7.69. The van der Waals surface area contributed by atoms with E-state index in [1.807, 2.05) is 0 Å². The Labute approximate surface area is 193 Å². The predicted octanol–water partition coefficient (Wildman–Crippen LogP) is 2.87. The van der Waals surface area contributed by atoms with Crippen molar-refractivity contribution in [3.05, 3.63) is 63.1 Å². The fourth-order valence-electron chi connectivity index (χ4n) is 2.50. The Kier molecular flexibility index (Phi) is 9.02. The van der Waals surface area contributed by atoms with Crippen LogP contribution in [-0.2, 0) is 9.59 Å². The van der Waals surface area contributed by atoms with E-state index < -0.39 is 23.8 Å². The molecule has 0 heterocycles. The third-order valence-corrected chi connectivity index (χ3v) is 4.81. The molecule has 0 fully saturated rings. The summed E-state index contributed by atoms with van der Waals surface area (Å²) in [5, 5.41) is 7.17. The molecule has 0 aliphatic rings. The molecule has 0 aliphatic heterocycles. The van der Waals surface area contributed by atoms with Crippen molar-refractivity contribution in [2.45, 2.75) is 19.9 Å². The summed E-state index contributed by atoms with van der Waals surface area (Å²) in [6.07, 6.45) is 1.37. The summed E-state index contributed by atoms with van der Waals surface area (Å²) in [6.45, 7) is 3.32. The summed E-state index contributed by atoms with van der Waals surface area (Å²) >= 11 is 9.18. The molecule has 0 saturated carbocycles. The summed E-state index contributed by atoms with van der Waals surface area (Å²) in [5.41, 5.74) is 8.43. The number of nitrogens with zero attached hydrogens (tertiary/aromatic N) is 1. The summed E-state index contributed by atoms with van der Waals surface area (Å²) in [5.74, 6) is -1.31. The first-order valence-electron chi connectivity index (χ1n) is 9.27. The fourth-order valence-corrected chi connectivity index (χ4v) is 3.00. The largest absolute Gasteiger partial charge is 0.483 e. The van der Waals surface area contributed by atoms with Crippen molar-refractivity contribution in [2.24, 2.45) is 16.8 Å². The Morgan fingerprint density at radius 1 is 1.19 bits per heavy atom. The SMILES string of the molecule is CC(C)C(NC(=O)c1ccc(Cl)cc1)C(=O)N/N=C/c1cc(Br)ccc1OCC(N)=O. The second-order valence-electron chi connectivity index (χ2n) is 6.87. The average molecular weight is 510 g/mol. The molecule has 2 aromatic carbocycles. The quantitative estimate of drug-likeness (QED) is 0.355. The van der Waals surface area contributed by atoms with Gasteiger partial charge in [0.15, 0.2) is 6.61 Å². The van der Waals surface area contributed by atoms with Crippen molar-refractivity contribution >= 4 is 51.5 Å².